The van der Waals surface area contributed by atoms with Gasteiger partial charge in [-0.25, -0.2) is 0 Å². The highest BCUT2D eigenvalue weighted by molar-refractivity contribution is 5.38. The van der Waals surface area contributed by atoms with E-state index >= 15 is 0 Å². The number of nitrogens with one attached hydrogen (secondary N) is 1. The lowest BCUT2D eigenvalue weighted by Crippen LogP contribution is -2.37. The fraction of sp³-hybridized carbons (Fsp3) is 0.684. The Morgan fingerprint density at radius 1 is 1.21 bits per heavy atom. The Morgan fingerprint density at radius 2 is 2.04 bits per heavy atom. The summed E-state index contributed by atoms with van der Waals surface area (Å²) in [6, 6.07) is 0. The number of ether oxygens (including phenoxy) is 2. The molecule has 1 saturated heterocycles. The van der Waals surface area contributed by atoms with Crippen LogP contribution >= 0.6 is 0 Å². The normalized spacial score (nSPS) is 33.5. The van der Waals surface area contributed by atoms with E-state index in [0.717, 1.165) is 12.5 Å². The predicted molar refractivity (Wildman–Crippen MR) is 93.6 cm³/mol. The van der Waals surface area contributed by atoms with Crippen LogP contribution in [0.1, 0.15) is 25.7 Å². The minimum Gasteiger partial charge on any atom is -0.459 e. The van der Waals surface area contributed by atoms with Gasteiger partial charge in [0.1, 0.15) is 5.76 Å². The molecule has 0 spiro atoms. The first-order chi connectivity index (χ1) is 13.3. The molecule has 28 heavy (non-hydrogen) atoms. The third kappa shape index (κ3) is 3.94. The van der Waals surface area contributed by atoms with Gasteiger partial charge in [-0.2, -0.15) is 13.2 Å². The average molecular weight is 402 g/mol. The number of aliphatic hydroxyl groups excluding tert-OH is 2. The maximum Gasteiger partial charge on any atom is 0.412 e. The van der Waals surface area contributed by atoms with E-state index in [1.807, 2.05) is 4.90 Å². The molecule has 0 aromatic rings. The summed E-state index contributed by atoms with van der Waals surface area (Å²) in [7, 11) is 0. The summed E-state index contributed by atoms with van der Waals surface area (Å²) in [5.74, 6) is 0.202. The van der Waals surface area contributed by atoms with Gasteiger partial charge < -0.3 is 24.6 Å². The van der Waals surface area contributed by atoms with Crippen LogP contribution in [-0.4, -0.2) is 66.0 Å². The molecule has 6 nitrogen and oxygen atoms in total. The van der Waals surface area contributed by atoms with E-state index in [-0.39, 0.29) is 12.5 Å². The van der Waals surface area contributed by atoms with Crippen LogP contribution in [-0.2, 0) is 9.47 Å². The van der Waals surface area contributed by atoms with Crippen LogP contribution in [0.25, 0.3) is 0 Å². The van der Waals surface area contributed by atoms with E-state index in [0.29, 0.717) is 56.3 Å². The van der Waals surface area contributed by atoms with Crippen LogP contribution in [0, 0.1) is 5.92 Å². The number of aliphatic hydroxyl groups is 2. The van der Waals surface area contributed by atoms with Crippen LogP contribution in [0.5, 0.6) is 0 Å². The Bertz CT molecular complexity index is 696. The molecule has 3 aliphatic heterocycles. The molecule has 4 unspecified atom stereocenters. The van der Waals surface area contributed by atoms with Crippen LogP contribution in [0.15, 0.2) is 34.9 Å². The molecule has 0 bridgehead atoms. The van der Waals surface area contributed by atoms with Crippen molar-refractivity contribution in [2.75, 3.05) is 26.2 Å². The predicted octanol–water partition coefficient (Wildman–Crippen LogP) is 1.77. The Hall–Kier alpha value is -1.55. The van der Waals surface area contributed by atoms with E-state index in [1.165, 1.54) is 6.08 Å². The summed E-state index contributed by atoms with van der Waals surface area (Å²) in [5.41, 5.74) is 0.0456. The van der Waals surface area contributed by atoms with Crippen LogP contribution in [0.2, 0.25) is 0 Å². The molecule has 0 aromatic heterocycles. The molecule has 4 atom stereocenters. The van der Waals surface area contributed by atoms with E-state index in [2.05, 4.69) is 5.32 Å². The Morgan fingerprint density at radius 3 is 2.75 bits per heavy atom. The number of hydrogen-bond donors (Lipinski definition) is 3. The van der Waals surface area contributed by atoms with Gasteiger partial charge in [0.25, 0.3) is 0 Å². The number of hydrogen-bond acceptors (Lipinski definition) is 6. The molecule has 1 fully saturated rings. The third-order valence-electron chi connectivity index (χ3n) is 5.77. The number of nitrogens with zero attached hydrogens (tertiary/aromatic N) is 1. The van der Waals surface area contributed by atoms with Crippen LogP contribution in [0.3, 0.4) is 0 Å². The molecule has 156 valence electrons. The zero-order valence-corrected chi connectivity index (χ0v) is 15.4. The lowest BCUT2D eigenvalue weighted by Gasteiger charge is -2.32. The van der Waals surface area contributed by atoms with Crippen molar-refractivity contribution in [1.29, 1.82) is 0 Å². The van der Waals surface area contributed by atoms with Gasteiger partial charge in [0.15, 0.2) is 12.0 Å². The van der Waals surface area contributed by atoms with E-state index in [1.54, 1.807) is 0 Å². The molecule has 9 heteroatoms. The van der Waals surface area contributed by atoms with Crippen molar-refractivity contribution in [3.05, 3.63) is 34.9 Å². The monoisotopic (exact) mass is 402 g/mol. The van der Waals surface area contributed by atoms with Gasteiger partial charge in [0.05, 0.1) is 30.4 Å². The van der Waals surface area contributed by atoms with Crippen molar-refractivity contribution in [2.45, 2.75) is 50.3 Å². The first-order valence-corrected chi connectivity index (χ1v) is 9.69. The molecular formula is C19H25F3N2O4. The fourth-order valence-corrected chi connectivity index (χ4v) is 4.26. The molecule has 4 aliphatic rings. The Kier molecular flexibility index (Phi) is 5.43. The maximum atomic E-state index is 13.2. The number of halogens is 3. The standard InChI is InChI=1S/C19H25F3N2O4/c20-19(21,22)11-1-4-15-14(9-11)16-17(28-15)18(26)23-6-8-24(16)7-5-13-3-2-12(25)10-27-13/h1,4,12-14,18,23,25-26H,2-3,5-10H2. The highest BCUT2D eigenvalue weighted by Gasteiger charge is 2.45. The van der Waals surface area contributed by atoms with Crippen LogP contribution < -0.4 is 5.32 Å². The number of fused-ring (bicyclic) bond motifs is 2. The number of rotatable bonds is 3. The van der Waals surface area contributed by atoms with Gasteiger partial charge in [-0.1, -0.05) is 6.08 Å². The highest BCUT2D eigenvalue weighted by Crippen LogP contribution is 2.46. The molecule has 0 aromatic carbocycles. The van der Waals surface area contributed by atoms with E-state index in [4.69, 9.17) is 9.47 Å². The zero-order chi connectivity index (χ0) is 19.9. The lowest BCUT2D eigenvalue weighted by atomic mass is 9.89. The van der Waals surface area contributed by atoms with Crippen molar-refractivity contribution in [1.82, 2.24) is 10.2 Å². The quantitative estimate of drug-likeness (QED) is 0.668. The smallest absolute Gasteiger partial charge is 0.412 e. The molecule has 4 rings (SSSR count). The molecule has 1 aliphatic carbocycles. The van der Waals surface area contributed by atoms with E-state index in [9.17, 15) is 23.4 Å². The van der Waals surface area contributed by atoms with Gasteiger partial charge in [-0.05, 0) is 31.8 Å². The second-order valence-corrected chi connectivity index (χ2v) is 7.69. The van der Waals surface area contributed by atoms with E-state index < -0.39 is 30.0 Å². The molecule has 0 radical (unpaired) electrons. The van der Waals surface area contributed by atoms with Crippen molar-refractivity contribution in [2.24, 2.45) is 5.92 Å². The molecule has 0 amide bonds. The molecule has 3 heterocycles. The van der Waals surface area contributed by atoms with Crippen molar-refractivity contribution in [3.8, 4) is 0 Å². The lowest BCUT2D eigenvalue weighted by molar-refractivity contribution is -0.0952. The van der Waals surface area contributed by atoms with Gasteiger partial charge >= 0.3 is 6.18 Å². The van der Waals surface area contributed by atoms with Crippen LogP contribution in [0.4, 0.5) is 13.2 Å². The number of allylic oxidation sites excluding steroid dienone is 3. The highest BCUT2D eigenvalue weighted by atomic mass is 19.4. The zero-order valence-electron chi connectivity index (χ0n) is 15.4. The largest absolute Gasteiger partial charge is 0.459 e. The SMILES string of the molecule is OC1CCC(CCN2CCNC(O)C3=C2C2CC(C(F)(F)F)=CC=C2O3)OC1. The molecule has 3 N–H and O–H groups in total. The summed E-state index contributed by atoms with van der Waals surface area (Å²) in [5, 5.41) is 22.9. The fourth-order valence-electron chi connectivity index (χ4n) is 4.26. The third-order valence-corrected chi connectivity index (χ3v) is 5.77. The van der Waals surface area contributed by atoms with Crippen molar-refractivity contribution < 1.29 is 32.9 Å². The van der Waals surface area contributed by atoms with Crippen molar-refractivity contribution >= 4 is 0 Å². The van der Waals surface area contributed by atoms with Gasteiger partial charge in [-0.15, -0.1) is 0 Å². The van der Waals surface area contributed by atoms with Gasteiger partial charge in [0.2, 0.25) is 0 Å². The van der Waals surface area contributed by atoms with Crippen molar-refractivity contribution in [3.63, 3.8) is 0 Å². The minimum absolute atomic E-state index is 0.0166. The van der Waals surface area contributed by atoms with Gasteiger partial charge in [0, 0.05) is 25.2 Å². The number of alkyl halides is 3. The first-order valence-electron chi connectivity index (χ1n) is 9.69. The second-order valence-electron chi connectivity index (χ2n) is 7.69. The minimum atomic E-state index is -4.38. The molecule has 0 saturated carbocycles. The molecular weight excluding hydrogens is 377 g/mol. The topological polar surface area (TPSA) is 74.2 Å². The van der Waals surface area contributed by atoms with Gasteiger partial charge in [-0.3, -0.25) is 5.32 Å². The summed E-state index contributed by atoms with van der Waals surface area (Å²) in [6.07, 6.45) is -1.44. The Labute approximate surface area is 161 Å². The second kappa shape index (κ2) is 7.70. The maximum absolute atomic E-state index is 13.2. The Balaban J connectivity index is 1.51. The summed E-state index contributed by atoms with van der Waals surface area (Å²) in [6.45, 7) is 1.96. The summed E-state index contributed by atoms with van der Waals surface area (Å²) < 4.78 is 51.1. The first kappa shape index (κ1) is 19.8. The summed E-state index contributed by atoms with van der Waals surface area (Å²) in [4.78, 5) is 2.01. The summed E-state index contributed by atoms with van der Waals surface area (Å²) >= 11 is 0. The average Bonchev–Trinajstić information content (AvgIpc) is 2.96.